The maximum atomic E-state index is 6.05. The van der Waals surface area contributed by atoms with Gasteiger partial charge in [0.1, 0.15) is 11.2 Å². The maximum absolute atomic E-state index is 6.05. The fourth-order valence-electron chi connectivity index (χ4n) is 3.79. The van der Waals surface area contributed by atoms with Crippen LogP contribution in [0.2, 0.25) is 0 Å². The molecule has 2 aromatic heterocycles. The SMILES string of the molecule is Cc1nc(N)c2ncn(CCCCNSc3ccc(N=[NH+]c4ccc(N(C)C)cc4)cc3)c2c1C. The number of hydrogen-bond acceptors (Lipinski definition) is 7. The summed E-state index contributed by atoms with van der Waals surface area (Å²) in [6.07, 6.45) is 3.99. The molecular weight excluding hydrogens is 456 g/mol. The van der Waals surface area contributed by atoms with E-state index in [1.54, 1.807) is 11.9 Å². The third-order valence-corrected chi connectivity index (χ3v) is 6.78. The molecule has 0 fully saturated rings. The van der Waals surface area contributed by atoms with Crippen molar-refractivity contribution < 1.29 is 5.11 Å². The van der Waals surface area contributed by atoms with Crippen LogP contribution in [-0.2, 0) is 6.54 Å². The molecule has 0 unspecified atom stereocenters. The van der Waals surface area contributed by atoms with Crippen molar-refractivity contribution in [3.8, 4) is 0 Å². The van der Waals surface area contributed by atoms with Gasteiger partial charge in [-0.15, -0.1) is 0 Å². The van der Waals surface area contributed by atoms with E-state index in [1.165, 1.54) is 0 Å². The summed E-state index contributed by atoms with van der Waals surface area (Å²) in [5.41, 5.74) is 13.1. The van der Waals surface area contributed by atoms with Gasteiger partial charge in [0.25, 0.3) is 0 Å². The molecule has 0 atom stereocenters. The smallest absolute Gasteiger partial charge is 0.229 e. The number of pyridine rings is 1. The van der Waals surface area contributed by atoms with Crippen LogP contribution < -0.4 is 20.5 Å². The number of azo groups is 1. The van der Waals surface area contributed by atoms with Crippen molar-refractivity contribution in [3.63, 3.8) is 0 Å². The average molecular weight is 490 g/mol. The molecule has 35 heavy (non-hydrogen) atoms. The molecule has 182 valence electrons. The van der Waals surface area contributed by atoms with Crippen LogP contribution >= 0.6 is 11.9 Å². The Morgan fingerprint density at radius 3 is 2.51 bits per heavy atom. The lowest BCUT2D eigenvalue weighted by molar-refractivity contribution is -0.433. The van der Waals surface area contributed by atoms with Crippen LogP contribution in [-0.4, -0.2) is 35.2 Å². The second-order valence-corrected chi connectivity index (χ2v) is 9.67. The van der Waals surface area contributed by atoms with E-state index >= 15 is 0 Å². The third kappa shape index (κ3) is 6.17. The molecule has 0 amide bonds. The van der Waals surface area contributed by atoms with E-state index in [0.29, 0.717) is 5.82 Å². The molecule has 2 aromatic carbocycles. The number of anilines is 2. The number of benzene rings is 2. The predicted octanol–water partition coefficient (Wildman–Crippen LogP) is 4.27. The molecule has 0 aliphatic carbocycles. The van der Waals surface area contributed by atoms with Crippen LogP contribution in [0.15, 0.2) is 64.9 Å². The molecule has 0 aliphatic heterocycles. The van der Waals surface area contributed by atoms with Gasteiger partial charge in [-0.3, -0.25) is 4.72 Å². The van der Waals surface area contributed by atoms with E-state index in [0.717, 1.165) is 70.2 Å². The first-order valence-corrected chi connectivity index (χ1v) is 12.6. The zero-order valence-electron chi connectivity index (χ0n) is 20.7. The topological polar surface area (TPSA) is 98.3 Å². The average Bonchev–Trinajstić information content (AvgIpc) is 3.29. The maximum Gasteiger partial charge on any atom is 0.229 e. The number of fused-ring (bicyclic) bond motifs is 1. The third-order valence-electron chi connectivity index (χ3n) is 5.92. The van der Waals surface area contributed by atoms with E-state index in [2.05, 4.69) is 65.6 Å². The van der Waals surface area contributed by atoms with E-state index in [9.17, 15) is 0 Å². The van der Waals surface area contributed by atoms with Gasteiger partial charge in [0, 0.05) is 55.6 Å². The first-order chi connectivity index (χ1) is 16.9. The number of nitrogens with one attached hydrogen (secondary N) is 2. The lowest BCUT2D eigenvalue weighted by Gasteiger charge is -2.10. The number of hydrogen-bond donors (Lipinski definition) is 3. The molecule has 8 nitrogen and oxygen atoms in total. The monoisotopic (exact) mass is 489 g/mol. The number of nitrogen functional groups attached to an aromatic ring is 1. The lowest BCUT2D eigenvalue weighted by Crippen LogP contribution is -2.57. The highest BCUT2D eigenvalue weighted by Crippen LogP contribution is 2.24. The number of imidazole rings is 1. The first kappa shape index (κ1) is 24.7. The number of aryl methyl sites for hydroxylation is 3. The van der Waals surface area contributed by atoms with Gasteiger partial charge in [0.05, 0.1) is 11.8 Å². The van der Waals surface area contributed by atoms with Crippen LogP contribution in [0.25, 0.3) is 11.0 Å². The lowest BCUT2D eigenvalue weighted by atomic mass is 10.2. The van der Waals surface area contributed by atoms with E-state index in [4.69, 9.17) is 5.73 Å². The van der Waals surface area contributed by atoms with Gasteiger partial charge >= 0.3 is 0 Å². The molecule has 0 saturated carbocycles. The number of aromatic nitrogens is 3. The van der Waals surface area contributed by atoms with Gasteiger partial charge in [-0.05, 0) is 85.7 Å². The van der Waals surface area contributed by atoms with Crippen molar-refractivity contribution in [2.24, 2.45) is 5.11 Å². The van der Waals surface area contributed by atoms with Crippen molar-refractivity contribution in [1.29, 1.82) is 0 Å². The summed E-state index contributed by atoms with van der Waals surface area (Å²) in [5, 5.41) is 7.58. The number of rotatable bonds is 10. The zero-order chi connectivity index (χ0) is 24.8. The van der Waals surface area contributed by atoms with Crippen LogP contribution in [0.1, 0.15) is 24.1 Å². The molecule has 4 N–H and O–H groups in total. The van der Waals surface area contributed by atoms with Crippen molar-refractivity contribution in [2.45, 2.75) is 38.1 Å². The normalized spacial score (nSPS) is 11.5. The van der Waals surface area contributed by atoms with Gasteiger partial charge < -0.3 is 15.2 Å². The van der Waals surface area contributed by atoms with Crippen molar-refractivity contribution in [2.75, 3.05) is 31.3 Å². The Balaban J connectivity index is 1.20. The summed E-state index contributed by atoms with van der Waals surface area (Å²) in [6.45, 7) is 5.91. The van der Waals surface area contributed by atoms with Crippen molar-refractivity contribution in [3.05, 3.63) is 66.1 Å². The summed E-state index contributed by atoms with van der Waals surface area (Å²) in [5.74, 6) is 0.508. The Labute approximate surface area is 210 Å². The molecule has 0 saturated heterocycles. The standard InChI is InChI=1S/C26H32N8S/c1-18-19(2)30-26(27)24-25(18)34(17-28-24)16-6-5-15-29-35-23-13-9-21(10-14-23)32-31-20-7-11-22(12-8-20)33(3)4/h7-14,17,29H,5-6,15-16H2,1-4H3,(H2,27,30)/p+1. The largest absolute Gasteiger partial charge is 0.382 e. The number of nitrogens with zero attached hydrogens (tertiary/aromatic N) is 5. The summed E-state index contributed by atoms with van der Waals surface area (Å²) in [4.78, 5) is 12.1. The van der Waals surface area contributed by atoms with Crippen molar-refractivity contribution >= 4 is 45.9 Å². The fourth-order valence-corrected chi connectivity index (χ4v) is 4.47. The first-order valence-electron chi connectivity index (χ1n) is 11.7. The highest BCUT2D eigenvalue weighted by molar-refractivity contribution is 7.97. The molecule has 9 heteroatoms. The van der Waals surface area contributed by atoms with Gasteiger partial charge in [-0.1, -0.05) is 5.11 Å². The fraction of sp³-hybridized carbons (Fsp3) is 0.308. The van der Waals surface area contributed by atoms with Gasteiger partial charge in [-0.2, -0.15) is 0 Å². The molecule has 0 radical (unpaired) electrons. The summed E-state index contributed by atoms with van der Waals surface area (Å²) >= 11 is 1.64. The quantitative estimate of drug-likeness (QED) is 0.175. The van der Waals surface area contributed by atoms with E-state index in [-0.39, 0.29) is 0 Å². The van der Waals surface area contributed by atoms with Crippen LogP contribution in [0.5, 0.6) is 0 Å². The minimum Gasteiger partial charge on any atom is -0.382 e. The van der Waals surface area contributed by atoms with Crippen LogP contribution in [0, 0.1) is 13.8 Å². The zero-order valence-corrected chi connectivity index (χ0v) is 21.6. The second kappa shape index (κ2) is 11.3. The Morgan fingerprint density at radius 1 is 1.06 bits per heavy atom. The highest BCUT2D eigenvalue weighted by atomic mass is 32.2. The summed E-state index contributed by atoms with van der Waals surface area (Å²) in [6, 6.07) is 16.4. The molecule has 0 aliphatic rings. The predicted molar refractivity (Wildman–Crippen MR) is 144 cm³/mol. The van der Waals surface area contributed by atoms with Crippen LogP contribution in [0.3, 0.4) is 0 Å². The Kier molecular flexibility index (Phi) is 7.99. The van der Waals surface area contributed by atoms with Gasteiger partial charge in [0.2, 0.25) is 5.69 Å². The summed E-state index contributed by atoms with van der Waals surface area (Å²) < 4.78 is 5.64. The van der Waals surface area contributed by atoms with Gasteiger partial charge in [0.15, 0.2) is 5.82 Å². The minimum atomic E-state index is 0.508. The van der Waals surface area contributed by atoms with E-state index < -0.39 is 0 Å². The number of nitrogens with two attached hydrogens (primary N) is 1. The Bertz CT molecular complexity index is 1290. The molecule has 0 bridgehead atoms. The van der Waals surface area contributed by atoms with Gasteiger partial charge in [-0.25, -0.2) is 9.97 Å². The van der Waals surface area contributed by atoms with Crippen molar-refractivity contribution in [1.82, 2.24) is 19.3 Å². The Morgan fingerprint density at radius 2 is 1.80 bits per heavy atom. The molecule has 4 aromatic rings. The minimum absolute atomic E-state index is 0.508. The summed E-state index contributed by atoms with van der Waals surface area (Å²) in [7, 11) is 4.06. The molecule has 0 spiro atoms. The molecular formula is C26H33N8S+. The molecule has 4 rings (SSSR count). The van der Waals surface area contributed by atoms with Crippen LogP contribution in [0.4, 0.5) is 22.9 Å². The molecule has 2 heterocycles. The highest BCUT2D eigenvalue weighted by Gasteiger charge is 2.12. The van der Waals surface area contributed by atoms with E-state index in [1.807, 2.05) is 51.6 Å². The Hall–Kier alpha value is -3.43. The second-order valence-electron chi connectivity index (χ2n) is 8.70. The number of unbranched alkanes of at least 4 members (excludes halogenated alkanes) is 1.